The molecule has 3 unspecified atom stereocenters. The zero-order chi connectivity index (χ0) is 21.1. The lowest BCUT2D eigenvalue weighted by Gasteiger charge is -2.19. The molecule has 160 valence electrons. The SMILES string of the molecule is COC(C)CNc1nc(C)c(-c2nc3ccccc3s2)c(NC2CCC(CO)C2)n1. The number of hydrogen-bond donors (Lipinski definition) is 3. The largest absolute Gasteiger partial charge is 0.396 e. The van der Waals surface area contributed by atoms with Crippen molar-refractivity contribution in [3.63, 3.8) is 0 Å². The van der Waals surface area contributed by atoms with Gasteiger partial charge in [0.05, 0.1) is 27.6 Å². The number of rotatable bonds is 8. The van der Waals surface area contributed by atoms with Crippen molar-refractivity contribution in [1.29, 1.82) is 0 Å². The van der Waals surface area contributed by atoms with E-state index in [1.165, 1.54) is 0 Å². The molecule has 3 N–H and O–H groups in total. The molecule has 2 aromatic heterocycles. The van der Waals surface area contributed by atoms with Crippen LogP contribution < -0.4 is 10.6 Å². The molecular formula is C22H29N5O2S. The van der Waals surface area contributed by atoms with E-state index in [0.29, 0.717) is 18.4 Å². The quantitative estimate of drug-likeness (QED) is 0.499. The molecule has 1 aliphatic rings. The number of para-hydroxylation sites is 1. The predicted molar refractivity (Wildman–Crippen MR) is 122 cm³/mol. The van der Waals surface area contributed by atoms with Crippen molar-refractivity contribution in [3.05, 3.63) is 30.0 Å². The molecule has 30 heavy (non-hydrogen) atoms. The van der Waals surface area contributed by atoms with Crippen molar-refractivity contribution >= 4 is 33.3 Å². The van der Waals surface area contributed by atoms with Gasteiger partial charge in [-0.3, -0.25) is 0 Å². The molecule has 7 nitrogen and oxygen atoms in total. The lowest BCUT2D eigenvalue weighted by atomic mass is 10.1. The van der Waals surface area contributed by atoms with Gasteiger partial charge in [0, 0.05) is 26.3 Å². The van der Waals surface area contributed by atoms with Gasteiger partial charge < -0.3 is 20.5 Å². The topological polar surface area (TPSA) is 92.2 Å². The molecule has 1 saturated carbocycles. The molecular weight excluding hydrogens is 398 g/mol. The monoisotopic (exact) mass is 427 g/mol. The van der Waals surface area contributed by atoms with Gasteiger partial charge in [0.25, 0.3) is 0 Å². The van der Waals surface area contributed by atoms with E-state index in [1.54, 1.807) is 18.4 Å². The summed E-state index contributed by atoms with van der Waals surface area (Å²) in [7, 11) is 1.69. The van der Waals surface area contributed by atoms with Crippen LogP contribution in [0.1, 0.15) is 31.9 Å². The number of aromatic nitrogens is 3. The predicted octanol–water partition coefficient (Wildman–Crippen LogP) is 4.08. The summed E-state index contributed by atoms with van der Waals surface area (Å²) in [5.41, 5.74) is 2.82. The van der Waals surface area contributed by atoms with Crippen LogP contribution in [0.3, 0.4) is 0 Å². The number of anilines is 2. The van der Waals surface area contributed by atoms with Crippen LogP contribution in [-0.2, 0) is 4.74 Å². The number of fused-ring (bicyclic) bond motifs is 1. The number of aryl methyl sites for hydroxylation is 1. The van der Waals surface area contributed by atoms with Crippen LogP contribution >= 0.6 is 11.3 Å². The molecule has 0 radical (unpaired) electrons. The van der Waals surface area contributed by atoms with E-state index in [-0.39, 0.29) is 18.8 Å². The maximum absolute atomic E-state index is 9.51. The molecule has 3 atom stereocenters. The van der Waals surface area contributed by atoms with Gasteiger partial charge in [-0.1, -0.05) is 12.1 Å². The number of aliphatic hydroxyl groups is 1. The Morgan fingerprint density at radius 2 is 2.07 bits per heavy atom. The fourth-order valence-electron chi connectivity index (χ4n) is 3.88. The minimum atomic E-state index is 0.0643. The highest BCUT2D eigenvalue weighted by Crippen LogP contribution is 2.37. The maximum atomic E-state index is 9.51. The van der Waals surface area contributed by atoms with Gasteiger partial charge in [-0.2, -0.15) is 4.98 Å². The number of hydrogen-bond acceptors (Lipinski definition) is 8. The highest BCUT2D eigenvalue weighted by molar-refractivity contribution is 7.21. The minimum Gasteiger partial charge on any atom is -0.396 e. The highest BCUT2D eigenvalue weighted by Gasteiger charge is 2.26. The Kier molecular flexibility index (Phi) is 6.46. The van der Waals surface area contributed by atoms with Crippen LogP contribution in [0.2, 0.25) is 0 Å². The molecule has 2 heterocycles. The summed E-state index contributed by atoms with van der Waals surface area (Å²) in [6.07, 6.45) is 3.07. The minimum absolute atomic E-state index is 0.0643. The van der Waals surface area contributed by atoms with Crippen LogP contribution in [0.25, 0.3) is 20.8 Å². The summed E-state index contributed by atoms with van der Waals surface area (Å²) in [6, 6.07) is 8.44. The number of benzene rings is 1. The number of aliphatic hydroxyl groups excluding tert-OH is 1. The van der Waals surface area contributed by atoms with Crippen molar-refractivity contribution in [1.82, 2.24) is 15.0 Å². The Balaban J connectivity index is 1.69. The molecule has 4 rings (SSSR count). The Bertz CT molecular complexity index is 975. The summed E-state index contributed by atoms with van der Waals surface area (Å²) in [4.78, 5) is 14.4. The van der Waals surface area contributed by atoms with E-state index in [2.05, 4.69) is 16.7 Å². The van der Waals surface area contributed by atoms with Crippen LogP contribution in [-0.4, -0.2) is 52.5 Å². The normalized spacial score (nSPS) is 19.9. The van der Waals surface area contributed by atoms with Crippen LogP contribution in [0.5, 0.6) is 0 Å². The number of methoxy groups -OCH3 is 1. The van der Waals surface area contributed by atoms with Crippen molar-refractivity contribution in [2.24, 2.45) is 5.92 Å². The van der Waals surface area contributed by atoms with Gasteiger partial charge in [0.15, 0.2) is 0 Å². The molecule has 0 amide bonds. The van der Waals surface area contributed by atoms with Crippen LogP contribution in [0.4, 0.5) is 11.8 Å². The van der Waals surface area contributed by atoms with Crippen molar-refractivity contribution < 1.29 is 9.84 Å². The standard InChI is InChI=1S/C22H29N5O2S/c1-13(29-3)11-23-22-24-14(2)19(21-26-17-6-4-5-7-18(17)30-21)20(27-22)25-16-9-8-15(10-16)12-28/h4-7,13,15-16,28H,8-12H2,1-3H3,(H2,23,24,25,27). The molecule has 0 bridgehead atoms. The second-order valence-corrected chi connectivity index (χ2v) is 9.00. The Labute approximate surface area is 180 Å². The second-order valence-electron chi connectivity index (χ2n) is 7.97. The Morgan fingerprint density at radius 1 is 1.23 bits per heavy atom. The molecule has 0 aliphatic heterocycles. The molecule has 8 heteroatoms. The number of nitrogens with one attached hydrogen (secondary N) is 2. The summed E-state index contributed by atoms with van der Waals surface area (Å²) in [6.45, 7) is 4.88. The van der Waals surface area contributed by atoms with E-state index < -0.39 is 0 Å². The first-order chi connectivity index (χ1) is 14.6. The molecule has 1 fully saturated rings. The number of ether oxygens (including phenoxy) is 1. The zero-order valence-electron chi connectivity index (χ0n) is 17.7. The van der Waals surface area contributed by atoms with Gasteiger partial charge in [-0.25, -0.2) is 9.97 Å². The molecule has 3 aromatic rings. The van der Waals surface area contributed by atoms with Gasteiger partial charge in [0.1, 0.15) is 10.8 Å². The average molecular weight is 428 g/mol. The lowest BCUT2D eigenvalue weighted by Crippen LogP contribution is -2.22. The second kappa shape index (κ2) is 9.24. The third-order valence-electron chi connectivity index (χ3n) is 5.69. The number of nitrogens with zero attached hydrogens (tertiary/aromatic N) is 3. The average Bonchev–Trinajstić information content (AvgIpc) is 3.38. The van der Waals surface area contributed by atoms with E-state index in [9.17, 15) is 5.11 Å². The Morgan fingerprint density at radius 3 is 2.80 bits per heavy atom. The smallest absolute Gasteiger partial charge is 0.224 e. The van der Waals surface area contributed by atoms with Crippen molar-refractivity contribution in [2.75, 3.05) is 30.9 Å². The zero-order valence-corrected chi connectivity index (χ0v) is 18.5. The first-order valence-corrected chi connectivity index (χ1v) is 11.3. The van der Waals surface area contributed by atoms with Crippen molar-refractivity contribution in [3.8, 4) is 10.6 Å². The fraction of sp³-hybridized carbons (Fsp3) is 0.500. The summed E-state index contributed by atoms with van der Waals surface area (Å²) >= 11 is 1.66. The molecule has 0 spiro atoms. The maximum Gasteiger partial charge on any atom is 0.224 e. The molecule has 0 saturated heterocycles. The van der Waals surface area contributed by atoms with Gasteiger partial charge in [0.2, 0.25) is 5.95 Å². The first-order valence-electron chi connectivity index (χ1n) is 10.5. The molecule has 1 aliphatic carbocycles. The van der Waals surface area contributed by atoms with E-state index in [0.717, 1.165) is 51.6 Å². The third kappa shape index (κ3) is 4.55. The molecule has 1 aromatic carbocycles. The van der Waals surface area contributed by atoms with Crippen LogP contribution in [0.15, 0.2) is 24.3 Å². The fourth-order valence-corrected chi connectivity index (χ4v) is 4.94. The highest BCUT2D eigenvalue weighted by atomic mass is 32.1. The Hall–Kier alpha value is -2.29. The first kappa shape index (κ1) is 21.0. The van der Waals surface area contributed by atoms with Crippen molar-refractivity contribution in [2.45, 2.75) is 45.3 Å². The van der Waals surface area contributed by atoms with Gasteiger partial charge in [-0.15, -0.1) is 11.3 Å². The van der Waals surface area contributed by atoms with E-state index in [1.807, 2.05) is 32.0 Å². The van der Waals surface area contributed by atoms with Gasteiger partial charge >= 0.3 is 0 Å². The summed E-state index contributed by atoms with van der Waals surface area (Å²) < 4.78 is 6.47. The van der Waals surface area contributed by atoms with Crippen LogP contribution in [0, 0.1) is 12.8 Å². The third-order valence-corrected chi connectivity index (χ3v) is 6.74. The number of thiazole rings is 1. The van der Waals surface area contributed by atoms with E-state index >= 15 is 0 Å². The summed E-state index contributed by atoms with van der Waals surface area (Å²) in [5.74, 6) is 1.75. The lowest BCUT2D eigenvalue weighted by molar-refractivity contribution is 0.128. The van der Waals surface area contributed by atoms with Gasteiger partial charge in [-0.05, 0) is 51.2 Å². The van der Waals surface area contributed by atoms with E-state index in [4.69, 9.17) is 19.7 Å². The summed E-state index contributed by atoms with van der Waals surface area (Å²) in [5, 5.41) is 17.3.